The van der Waals surface area contributed by atoms with Gasteiger partial charge in [-0.25, -0.2) is 9.97 Å². The average molecular weight is 328 g/mol. The van der Waals surface area contributed by atoms with E-state index in [1.165, 1.54) is 11.8 Å². The Bertz CT molecular complexity index is 623. The summed E-state index contributed by atoms with van der Waals surface area (Å²) in [5.41, 5.74) is 1.11. The van der Waals surface area contributed by atoms with Crippen LogP contribution < -0.4 is 5.32 Å². The number of rotatable bonds is 5. The average Bonchev–Trinajstić information content (AvgIpc) is 2.62. The Morgan fingerprint density at radius 3 is 2.78 bits per heavy atom. The molecule has 0 unspecified atom stereocenters. The van der Waals surface area contributed by atoms with Crippen LogP contribution in [0, 0.1) is 0 Å². The molecular weight excluding hydrogens is 308 g/mol. The summed E-state index contributed by atoms with van der Waals surface area (Å²) < 4.78 is 0. The number of hydrogen-bond acceptors (Lipinski definition) is 5. The molecule has 1 N–H and O–H groups in total. The summed E-state index contributed by atoms with van der Waals surface area (Å²) in [6.07, 6.45) is 5.51. The zero-order chi connectivity index (χ0) is 15.9. The van der Waals surface area contributed by atoms with Crippen molar-refractivity contribution in [1.29, 1.82) is 0 Å². The number of anilines is 1. The fourth-order valence-electron chi connectivity index (χ4n) is 2.67. The van der Waals surface area contributed by atoms with Gasteiger partial charge in [-0.3, -0.25) is 4.79 Å². The van der Waals surface area contributed by atoms with Crippen molar-refractivity contribution in [2.75, 3.05) is 24.2 Å². The molecule has 1 saturated heterocycles. The second-order valence-electron chi connectivity index (χ2n) is 5.51. The van der Waals surface area contributed by atoms with E-state index in [0.717, 1.165) is 31.6 Å². The maximum Gasteiger partial charge on any atom is 0.233 e. The summed E-state index contributed by atoms with van der Waals surface area (Å²) in [6.45, 7) is 1.59. The van der Waals surface area contributed by atoms with Gasteiger partial charge in [0.15, 0.2) is 5.16 Å². The molecule has 1 aromatic carbocycles. The predicted octanol–water partition coefficient (Wildman–Crippen LogP) is 2.67. The van der Waals surface area contributed by atoms with Gasteiger partial charge in [0.2, 0.25) is 5.91 Å². The largest absolute Gasteiger partial charge is 0.381 e. The van der Waals surface area contributed by atoms with Gasteiger partial charge in [0.25, 0.3) is 0 Å². The number of nitrogens with one attached hydrogen (secondary N) is 1. The van der Waals surface area contributed by atoms with E-state index in [1.54, 1.807) is 18.5 Å². The molecule has 0 aliphatic carbocycles. The van der Waals surface area contributed by atoms with Crippen LogP contribution in [-0.4, -0.2) is 45.7 Å². The van der Waals surface area contributed by atoms with E-state index in [0.29, 0.717) is 17.0 Å². The molecule has 2 heterocycles. The Morgan fingerprint density at radius 1 is 1.22 bits per heavy atom. The molecule has 1 aliphatic heterocycles. The summed E-state index contributed by atoms with van der Waals surface area (Å²) >= 11 is 1.39. The van der Waals surface area contributed by atoms with Crippen LogP contribution in [0.4, 0.5) is 5.69 Å². The van der Waals surface area contributed by atoms with E-state index >= 15 is 0 Å². The van der Waals surface area contributed by atoms with E-state index in [2.05, 4.69) is 27.4 Å². The lowest BCUT2D eigenvalue weighted by atomic mass is 10.1. The molecule has 0 radical (unpaired) electrons. The van der Waals surface area contributed by atoms with Crippen LogP contribution in [0.5, 0.6) is 0 Å². The minimum atomic E-state index is 0.155. The fourth-order valence-corrected chi connectivity index (χ4v) is 3.38. The normalized spacial score (nSPS) is 17.7. The van der Waals surface area contributed by atoms with Gasteiger partial charge in [-0.2, -0.15) is 0 Å². The first-order valence-corrected chi connectivity index (χ1v) is 8.79. The van der Waals surface area contributed by atoms with Crippen molar-refractivity contribution in [2.24, 2.45) is 0 Å². The molecule has 1 amide bonds. The van der Waals surface area contributed by atoms with Gasteiger partial charge >= 0.3 is 0 Å². The third kappa shape index (κ3) is 4.69. The van der Waals surface area contributed by atoms with Gasteiger partial charge < -0.3 is 10.2 Å². The fraction of sp³-hybridized carbons (Fsp3) is 0.353. The number of para-hydroxylation sites is 1. The first-order chi connectivity index (χ1) is 11.3. The van der Waals surface area contributed by atoms with E-state index < -0.39 is 0 Å². The maximum atomic E-state index is 12.4. The van der Waals surface area contributed by atoms with Crippen molar-refractivity contribution in [1.82, 2.24) is 14.9 Å². The topological polar surface area (TPSA) is 58.1 Å². The van der Waals surface area contributed by atoms with Gasteiger partial charge in [0, 0.05) is 37.2 Å². The molecule has 23 heavy (non-hydrogen) atoms. The minimum Gasteiger partial charge on any atom is -0.381 e. The van der Waals surface area contributed by atoms with Gasteiger partial charge in [-0.05, 0) is 31.0 Å². The SMILES string of the molecule is O=C(CSc1ncccn1)N1CCC[C@@H](Nc2ccccc2)C1. The van der Waals surface area contributed by atoms with E-state index in [-0.39, 0.29) is 5.91 Å². The first kappa shape index (κ1) is 15.8. The number of aromatic nitrogens is 2. The minimum absolute atomic E-state index is 0.155. The van der Waals surface area contributed by atoms with E-state index in [1.807, 2.05) is 23.1 Å². The van der Waals surface area contributed by atoms with Crippen LogP contribution in [0.3, 0.4) is 0 Å². The Labute approximate surface area is 140 Å². The summed E-state index contributed by atoms with van der Waals surface area (Å²) in [7, 11) is 0. The second kappa shape index (κ2) is 7.97. The summed E-state index contributed by atoms with van der Waals surface area (Å²) in [5.74, 6) is 0.546. The summed E-state index contributed by atoms with van der Waals surface area (Å²) in [5, 5.41) is 4.16. The number of likely N-dealkylation sites (tertiary alicyclic amines) is 1. The zero-order valence-electron chi connectivity index (χ0n) is 12.9. The highest BCUT2D eigenvalue weighted by Gasteiger charge is 2.23. The third-order valence-corrected chi connectivity index (χ3v) is 4.65. The molecular formula is C17H20N4OS. The molecule has 120 valence electrons. The van der Waals surface area contributed by atoms with Gasteiger partial charge in [0.05, 0.1) is 5.75 Å². The Hall–Kier alpha value is -2.08. The molecule has 0 bridgehead atoms. The lowest BCUT2D eigenvalue weighted by Crippen LogP contribution is -2.45. The Morgan fingerprint density at radius 2 is 2.00 bits per heavy atom. The number of benzene rings is 1. The highest BCUT2D eigenvalue weighted by Crippen LogP contribution is 2.18. The lowest BCUT2D eigenvalue weighted by molar-refractivity contribution is -0.129. The number of thioether (sulfide) groups is 1. The quantitative estimate of drug-likeness (QED) is 0.675. The number of nitrogens with zero attached hydrogens (tertiary/aromatic N) is 3. The van der Waals surface area contributed by atoms with Crippen LogP contribution in [0.1, 0.15) is 12.8 Å². The monoisotopic (exact) mass is 328 g/mol. The van der Waals surface area contributed by atoms with Crippen LogP contribution >= 0.6 is 11.8 Å². The number of carbonyl (C=O) groups excluding carboxylic acids is 1. The van der Waals surface area contributed by atoms with Crippen LogP contribution in [0.2, 0.25) is 0 Å². The number of carbonyl (C=O) groups is 1. The maximum absolute atomic E-state index is 12.4. The van der Waals surface area contributed by atoms with Crippen molar-refractivity contribution >= 4 is 23.4 Å². The molecule has 1 fully saturated rings. The smallest absolute Gasteiger partial charge is 0.233 e. The number of amides is 1. The van der Waals surface area contributed by atoms with E-state index in [9.17, 15) is 4.79 Å². The molecule has 1 aliphatic rings. The van der Waals surface area contributed by atoms with E-state index in [4.69, 9.17) is 0 Å². The van der Waals surface area contributed by atoms with Crippen LogP contribution in [-0.2, 0) is 4.79 Å². The van der Waals surface area contributed by atoms with Crippen molar-refractivity contribution in [3.63, 3.8) is 0 Å². The standard InChI is InChI=1S/C17H20N4OS/c22-16(13-23-17-18-9-5-10-19-17)21-11-4-8-15(12-21)20-14-6-2-1-3-7-14/h1-3,5-7,9-10,15,20H,4,8,11-13H2/t15-/m1/s1. The summed E-state index contributed by atoms with van der Waals surface area (Å²) in [6, 6.07) is 12.2. The highest BCUT2D eigenvalue weighted by atomic mass is 32.2. The van der Waals surface area contributed by atoms with Gasteiger partial charge in [0.1, 0.15) is 0 Å². The molecule has 1 atom stereocenters. The van der Waals surface area contributed by atoms with Gasteiger partial charge in [-0.1, -0.05) is 30.0 Å². The molecule has 0 saturated carbocycles. The van der Waals surface area contributed by atoms with Crippen molar-refractivity contribution in [3.05, 3.63) is 48.8 Å². The highest BCUT2D eigenvalue weighted by molar-refractivity contribution is 7.99. The molecule has 2 aromatic rings. The second-order valence-corrected chi connectivity index (χ2v) is 6.45. The lowest BCUT2D eigenvalue weighted by Gasteiger charge is -2.33. The first-order valence-electron chi connectivity index (χ1n) is 7.80. The molecule has 1 aromatic heterocycles. The third-order valence-electron chi connectivity index (χ3n) is 3.79. The number of piperidine rings is 1. The molecule has 0 spiro atoms. The number of hydrogen-bond donors (Lipinski definition) is 1. The van der Waals surface area contributed by atoms with Crippen molar-refractivity contribution < 1.29 is 4.79 Å². The van der Waals surface area contributed by atoms with Crippen molar-refractivity contribution in [2.45, 2.75) is 24.0 Å². The molecule has 6 heteroatoms. The van der Waals surface area contributed by atoms with Gasteiger partial charge in [-0.15, -0.1) is 0 Å². The Kier molecular flexibility index (Phi) is 5.47. The van der Waals surface area contributed by atoms with Crippen LogP contribution in [0.15, 0.2) is 53.9 Å². The summed E-state index contributed by atoms with van der Waals surface area (Å²) in [4.78, 5) is 22.6. The zero-order valence-corrected chi connectivity index (χ0v) is 13.7. The Balaban J connectivity index is 1.50. The molecule has 3 rings (SSSR count). The van der Waals surface area contributed by atoms with Crippen LogP contribution in [0.25, 0.3) is 0 Å². The predicted molar refractivity (Wildman–Crippen MR) is 92.4 cm³/mol. The molecule has 5 nitrogen and oxygen atoms in total. The van der Waals surface area contributed by atoms with Crippen molar-refractivity contribution in [3.8, 4) is 0 Å².